The van der Waals surface area contributed by atoms with Crippen molar-refractivity contribution >= 4 is 39.1 Å². The number of thiazole rings is 1. The van der Waals surface area contributed by atoms with Crippen LogP contribution >= 0.6 is 22.9 Å². The summed E-state index contributed by atoms with van der Waals surface area (Å²) in [5.74, 6) is 0.0603. The molecule has 0 saturated carbocycles. The number of halogens is 1. The molecule has 2 aromatic rings. The van der Waals surface area contributed by atoms with Gasteiger partial charge >= 0.3 is 0 Å². The molecule has 1 heterocycles. The summed E-state index contributed by atoms with van der Waals surface area (Å²) in [4.78, 5) is 17.5. The van der Waals surface area contributed by atoms with Crippen molar-refractivity contribution in [2.24, 2.45) is 0 Å². The number of fused-ring (bicyclic) bond motifs is 1. The van der Waals surface area contributed by atoms with Gasteiger partial charge in [0.25, 0.3) is 0 Å². The van der Waals surface area contributed by atoms with Crippen LogP contribution in [0.15, 0.2) is 18.2 Å². The molecule has 1 aromatic heterocycles. The first-order chi connectivity index (χ1) is 7.56. The lowest BCUT2D eigenvalue weighted by Crippen LogP contribution is -2.23. The molecule has 0 N–H and O–H groups in total. The van der Waals surface area contributed by atoms with Crippen LogP contribution in [-0.4, -0.2) is 29.9 Å². The lowest BCUT2D eigenvalue weighted by Gasteiger charge is -2.07. The van der Waals surface area contributed by atoms with E-state index in [1.807, 2.05) is 18.2 Å². The van der Waals surface area contributed by atoms with Crippen LogP contribution in [0.2, 0.25) is 5.02 Å². The summed E-state index contributed by atoms with van der Waals surface area (Å²) in [5, 5.41) is 1.50. The molecule has 0 aliphatic carbocycles. The number of likely N-dealkylation sites (N-methyl/N-ethyl adjacent to an activating group) is 1. The first-order valence-electron chi connectivity index (χ1n) is 4.81. The first-order valence-corrected chi connectivity index (χ1v) is 6.01. The number of carbonyl (C=O) groups is 1. The highest BCUT2D eigenvalue weighted by atomic mass is 35.5. The third-order valence-electron chi connectivity index (χ3n) is 2.20. The number of hydrogen-bond acceptors (Lipinski definition) is 3. The highest BCUT2D eigenvalue weighted by Crippen LogP contribution is 2.25. The van der Waals surface area contributed by atoms with Crippen LogP contribution in [0.1, 0.15) is 5.01 Å². The fourth-order valence-corrected chi connectivity index (χ4v) is 2.42. The van der Waals surface area contributed by atoms with Gasteiger partial charge in [0.15, 0.2) is 0 Å². The molecule has 0 bridgehead atoms. The molecule has 0 aliphatic heterocycles. The third-order valence-corrected chi connectivity index (χ3v) is 3.47. The van der Waals surface area contributed by atoms with Crippen LogP contribution in [0.4, 0.5) is 0 Å². The third kappa shape index (κ3) is 2.33. The number of hydrogen-bond donors (Lipinski definition) is 0. The van der Waals surface area contributed by atoms with Gasteiger partial charge in [-0.3, -0.25) is 4.79 Å². The van der Waals surface area contributed by atoms with E-state index in [9.17, 15) is 4.79 Å². The van der Waals surface area contributed by atoms with E-state index < -0.39 is 0 Å². The van der Waals surface area contributed by atoms with Gasteiger partial charge in [0, 0.05) is 19.1 Å². The van der Waals surface area contributed by atoms with Crippen LogP contribution in [0.3, 0.4) is 0 Å². The highest BCUT2D eigenvalue weighted by molar-refractivity contribution is 7.18. The zero-order chi connectivity index (χ0) is 11.7. The standard InChI is InChI=1S/C11H11ClN2OS/c1-14(2)11(15)6-10-13-8-5-7(12)3-4-9(8)16-10/h3-5H,6H2,1-2H3. The molecule has 0 unspecified atom stereocenters. The van der Waals surface area contributed by atoms with Gasteiger partial charge in [-0.2, -0.15) is 0 Å². The van der Waals surface area contributed by atoms with Gasteiger partial charge in [-0.15, -0.1) is 11.3 Å². The van der Waals surface area contributed by atoms with Crippen LogP contribution in [0.5, 0.6) is 0 Å². The Bertz CT molecular complexity index is 536. The van der Waals surface area contributed by atoms with Crippen molar-refractivity contribution in [2.45, 2.75) is 6.42 Å². The molecular formula is C11H11ClN2OS. The van der Waals surface area contributed by atoms with Gasteiger partial charge in [-0.1, -0.05) is 11.6 Å². The maximum atomic E-state index is 11.5. The van der Waals surface area contributed by atoms with Crippen LogP contribution < -0.4 is 0 Å². The lowest BCUT2D eigenvalue weighted by molar-refractivity contribution is -0.127. The second-order valence-corrected chi connectivity index (χ2v) is 5.24. The Morgan fingerprint density at radius 1 is 1.50 bits per heavy atom. The molecule has 0 atom stereocenters. The quantitative estimate of drug-likeness (QED) is 0.825. The highest BCUT2D eigenvalue weighted by Gasteiger charge is 2.10. The second kappa shape index (κ2) is 4.39. The van der Waals surface area contributed by atoms with E-state index in [4.69, 9.17) is 11.6 Å². The first kappa shape index (κ1) is 11.4. The Labute approximate surface area is 103 Å². The van der Waals surface area contributed by atoms with Gasteiger partial charge in [0.2, 0.25) is 5.91 Å². The average Bonchev–Trinajstić information content (AvgIpc) is 2.58. The summed E-state index contributed by atoms with van der Waals surface area (Å²) in [6.07, 6.45) is 0.351. The average molecular weight is 255 g/mol. The Balaban J connectivity index is 2.29. The van der Waals surface area contributed by atoms with Crippen LogP contribution in [0, 0.1) is 0 Å². The van der Waals surface area contributed by atoms with Crippen LogP contribution in [0.25, 0.3) is 10.2 Å². The molecule has 0 fully saturated rings. The maximum absolute atomic E-state index is 11.5. The SMILES string of the molecule is CN(C)C(=O)Cc1nc2cc(Cl)ccc2s1. The fourth-order valence-electron chi connectivity index (χ4n) is 1.31. The van der Waals surface area contributed by atoms with E-state index in [0.717, 1.165) is 15.2 Å². The Kier molecular flexibility index (Phi) is 3.12. The van der Waals surface area contributed by atoms with Crippen molar-refractivity contribution in [1.82, 2.24) is 9.88 Å². The van der Waals surface area contributed by atoms with Crippen molar-refractivity contribution in [3.8, 4) is 0 Å². The second-order valence-electron chi connectivity index (χ2n) is 3.68. The molecule has 1 amide bonds. The minimum absolute atomic E-state index is 0.0603. The van der Waals surface area contributed by atoms with Gasteiger partial charge in [0.1, 0.15) is 5.01 Å². The van der Waals surface area contributed by atoms with Gasteiger partial charge < -0.3 is 4.90 Å². The Morgan fingerprint density at radius 2 is 2.25 bits per heavy atom. The molecule has 0 radical (unpaired) electrons. The number of carbonyl (C=O) groups excluding carboxylic acids is 1. The summed E-state index contributed by atoms with van der Waals surface area (Å²) in [6.45, 7) is 0. The van der Waals surface area contributed by atoms with E-state index in [-0.39, 0.29) is 5.91 Å². The van der Waals surface area contributed by atoms with Crippen molar-refractivity contribution in [3.63, 3.8) is 0 Å². The predicted molar refractivity (Wildman–Crippen MR) is 67.0 cm³/mol. The molecule has 3 nitrogen and oxygen atoms in total. The summed E-state index contributed by atoms with van der Waals surface area (Å²) in [5.41, 5.74) is 0.860. The van der Waals surface area contributed by atoms with Crippen molar-refractivity contribution in [1.29, 1.82) is 0 Å². The molecule has 0 saturated heterocycles. The van der Waals surface area contributed by atoms with Crippen molar-refractivity contribution in [3.05, 3.63) is 28.2 Å². The molecular weight excluding hydrogens is 244 g/mol. The summed E-state index contributed by atoms with van der Waals surface area (Å²) >= 11 is 7.41. The van der Waals surface area contributed by atoms with Crippen LogP contribution in [-0.2, 0) is 11.2 Å². The van der Waals surface area contributed by atoms with Crippen molar-refractivity contribution < 1.29 is 4.79 Å². The van der Waals surface area contributed by atoms with E-state index in [1.165, 1.54) is 11.3 Å². The minimum Gasteiger partial charge on any atom is -0.348 e. The van der Waals surface area contributed by atoms with E-state index in [2.05, 4.69) is 4.98 Å². The Morgan fingerprint density at radius 3 is 2.94 bits per heavy atom. The van der Waals surface area contributed by atoms with Gasteiger partial charge in [0.05, 0.1) is 16.6 Å². The molecule has 84 valence electrons. The minimum atomic E-state index is 0.0603. The number of aromatic nitrogens is 1. The zero-order valence-corrected chi connectivity index (χ0v) is 10.6. The predicted octanol–water partition coefficient (Wildman–Crippen LogP) is 2.58. The number of rotatable bonds is 2. The smallest absolute Gasteiger partial charge is 0.228 e. The summed E-state index contributed by atoms with van der Waals surface area (Å²) in [7, 11) is 3.49. The molecule has 5 heteroatoms. The molecule has 1 aromatic carbocycles. The number of nitrogens with zero attached hydrogens (tertiary/aromatic N) is 2. The van der Waals surface area contributed by atoms with E-state index in [0.29, 0.717) is 11.4 Å². The lowest BCUT2D eigenvalue weighted by atomic mass is 10.3. The fraction of sp³-hybridized carbons (Fsp3) is 0.273. The zero-order valence-electron chi connectivity index (χ0n) is 9.03. The van der Waals surface area contributed by atoms with Gasteiger partial charge in [-0.25, -0.2) is 4.98 Å². The number of benzene rings is 1. The molecule has 0 aliphatic rings. The van der Waals surface area contributed by atoms with Gasteiger partial charge in [-0.05, 0) is 18.2 Å². The Hall–Kier alpha value is -1.13. The molecule has 16 heavy (non-hydrogen) atoms. The molecule has 2 rings (SSSR count). The topological polar surface area (TPSA) is 33.2 Å². The van der Waals surface area contributed by atoms with E-state index >= 15 is 0 Å². The van der Waals surface area contributed by atoms with E-state index in [1.54, 1.807) is 19.0 Å². The normalized spacial score (nSPS) is 10.7. The van der Waals surface area contributed by atoms with Crippen molar-refractivity contribution in [2.75, 3.05) is 14.1 Å². The largest absolute Gasteiger partial charge is 0.348 e. The summed E-state index contributed by atoms with van der Waals surface area (Å²) < 4.78 is 1.06. The summed E-state index contributed by atoms with van der Waals surface area (Å²) in [6, 6.07) is 5.58. The molecule has 0 spiro atoms. The maximum Gasteiger partial charge on any atom is 0.228 e. The number of amides is 1. The monoisotopic (exact) mass is 254 g/mol.